The molecule has 1 N–H and O–H groups in total. The Morgan fingerprint density at radius 1 is 1.40 bits per heavy atom. The van der Waals surface area contributed by atoms with E-state index in [0.717, 1.165) is 0 Å². The van der Waals surface area contributed by atoms with Crippen LogP contribution in [0.4, 0.5) is 0 Å². The Morgan fingerprint density at radius 2 is 2.00 bits per heavy atom. The molecule has 0 aliphatic carbocycles. The van der Waals surface area contributed by atoms with Gasteiger partial charge >= 0.3 is 5.97 Å². The van der Waals surface area contributed by atoms with E-state index in [1.807, 2.05) is 0 Å². The van der Waals surface area contributed by atoms with Gasteiger partial charge in [-0.2, -0.15) is 0 Å². The molecule has 0 bridgehead atoms. The van der Waals surface area contributed by atoms with E-state index in [1.54, 1.807) is 13.0 Å². The van der Waals surface area contributed by atoms with Gasteiger partial charge < -0.3 is 9.84 Å². The summed E-state index contributed by atoms with van der Waals surface area (Å²) in [5, 5.41) is 9.61. The molecule has 0 fully saturated rings. The summed E-state index contributed by atoms with van der Waals surface area (Å²) >= 11 is 9.53. The van der Waals surface area contributed by atoms with E-state index in [-0.39, 0.29) is 17.9 Å². The van der Waals surface area contributed by atoms with Crippen LogP contribution in [0.5, 0.6) is 5.75 Å². The van der Waals surface area contributed by atoms with Gasteiger partial charge in [0.25, 0.3) is 0 Å². The van der Waals surface area contributed by atoms with Gasteiger partial charge in [0.1, 0.15) is 5.75 Å². The molecule has 1 rings (SSSR count). The second kappa shape index (κ2) is 5.32. The fourth-order valence-corrected chi connectivity index (χ4v) is 3.41. The van der Waals surface area contributed by atoms with Crippen molar-refractivity contribution in [2.45, 2.75) is 6.92 Å². The van der Waals surface area contributed by atoms with Crippen LogP contribution in [0, 0.1) is 0 Å². The standard InChI is InChI=1S/C9H7Br3O3/c1-2-15-9(14)6-4(10)3-5(11)8(13)7(6)12/h3,13H,2H2,1H3. The third-order valence-electron chi connectivity index (χ3n) is 1.63. The average Bonchev–Trinajstić information content (AvgIpc) is 2.15. The van der Waals surface area contributed by atoms with Crippen LogP contribution in [0.1, 0.15) is 17.3 Å². The monoisotopic (exact) mass is 400 g/mol. The molecule has 0 heterocycles. The smallest absolute Gasteiger partial charge is 0.340 e. The summed E-state index contributed by atoms with van der Waals surface area (Å²) in [5.41, 5.74) is 0.276. The number of aromatic hydroxyl groups is 1. The van der Waals surface area contributed by atoms with Crippen LogP contribution in [0.2, 0.25) is 0 Å². The van der Waals surface area contributed by atoms with Crippen molar-refractivity contribution in [2.75, 3.05) is 6.61 Å². The van der Waals surface area contributed by atoms with E-state index in [2.05, 4.69) is 47.8 Å². The molecule has 0 aromatic heterocycles. The maximum atomic E-state index is 11.5. The van der Waals surface area contributed by atoms with Crippen LogP contribution in [0.25, 0.3) is 0 Å². The third-order valence-corrected chi connectivity index (χ3v) is 3.63. The zero-order valence-electron chi connectivity index (χ0n) is 7.68. The van der Waals surface area contributed by atoms with Gasteiger partial charge in [0.15, 0.2) is 0 Å². The molecule has 0 aliphatic heterocycles. The Labute approximate surface area is 112 Å². The highest BCUT2D eigenvalue weighted by molar-refractivity contribution is 9.11. The van der Waals surface area contributed by atoms with Crippen molar-refractivity contribution in [3.63, 3.8) is 0 Å². The fraction of sp³-hybridized carbons (Fsp3) is 0.222. The van der Waals surface area contributed by atoms with Crippen molar-refractivity contribution in [1.29, 1.82) is 0 Å². The second-order valence-corrected chi connectivity index (χ2v) is 5.10. The van der Waals surface area contributed by atoms with Crippen molar-refractivity contribution in [1.82, 2.24) is 0 Å². The van der Waals surface area contributed by atoms with Gasteiger partial charge in [-0.1, -0.05) is 0 Å². The largest absolute Gasteiger partial charge is 0.506 e. The molecule has 0 saturated carbocycles. The first-order valence-electron chi connectivity index (χ1n) is 4.02. The molecule has 0 saturated heterocycles. The molecule has 0 atom stereocenters. The number of carbonyl (C=O) groups excluding carboxylic acids is 1. The van der Waals surface area contributed by atoms with Gasteiger partial charge in [0.05, 0.1) is 21.1 Å². The Hall–Kier alpha value is -0.0700. The van der Waals surface area contributed by atoms with Crippen LogP contribution in [0.15, 0.2) is 19.5 Å². The van der Waals surface area contributed by atoms with E-state index in [0.29, 0.717) is 13.4 Å². The van der Waals surface area contributed by atoms with Gasteiger partial charge in [-0.05, 0) is 60.8 Å². The van der Waals surface area contributed by atoms with Crippen LogP contribution in [-0.2, 0) is 4.74 Å². The molecule has 0 amide bonds. The fourth-order valence-electron chi connectivity index (χ4n) is 0.970. The predicted molar refractivity (Wildman–Crippen MR) is 67.2 cm³/mol. The molecule has 0 unspecified atom stereocenters. The van der Waals surface area contributed by atoms with Crippen molar-refractivity contribution in [3.05, 3.63) is 25.0 Å². The first-order valence-corrected chi connectivity index (χ1v) is 6.40. The Kier molecular flexibility index (Phi) is 4.61. The molecular formula is C9H7Br3O3. The van der Waals surface area contributed by atoms with Crippen molar-refractivity contribution >= 4 is 53.8 Å². The molecule has 3 nitrogen and oxygen atoms in total. The first-order chi connectivity index (χ1) is 6.99. The third kappa shape index (κ3) is 2.73. The summed E-state index contributed by atoms with van der Waals surface area (Å²) in [6, 6.07) is 1.59. The van der Waals surface area contributed by atoms with Crippen molar-refractivity contribution < 1.29 is 14.6 Å². The van der Waals surface area contributed by atoms with Crippen LogP contribution < -0.4 is 0 Å². The van der Waals surface area contributed by atoms with Gasteiger partial charge in [0.2, 0.25) is 0 Å². The highest BCUT2D eigenvalue weighted by Crippen LogP contribution is 2.39. The molecule has 0 aliphatic rings. The highest BCUT2D eigenvalue weighted by atomic mass is 79.9. The molecule has 15 heavy (non-hydrogen) atoms. The molecule has 1 aromatic rings. The SMILES string of the molecule is CCOC(=O)c1c(Br)cc(Br)c(O)c1Br. The minimum Gasteiger partial charge on any atom is -0.506 e. The molecule has 0 radical (unpaired) electrons. The zero-order chi connectivity index (χ0) is 11.6. The van der Waals surface area contributed by atoms with E-state index in [9.17, 15) is 9.90 Å². The molecule has 6 heteroatoms. The van der Waals surface area contributed by atoms with Gasteiger partial charge in [0, 0.05) is 4.47 Å². The number of carbonyl (C=O) groups is 1. The van der Waals surface area contributed by atoms with Gasteiger partial charge in [-0.25, -0.2) is 4.79 Å². The normalized spacial score (nSPS) is 10.1. The zero-order valence-corrected chi connectivity index (χ0v) is 12.4. The summed E-state index contributed by atoms with van der Waals surface area (Å²) in [6.45, 7) is 2.01. The predicted octanol–water partition coefficient (Wildman–Crippen LogP) is 3.86. The van der Waals surface area contributed by atoms with Crippen molar-refractivity contribution in [3.8, 4) is 5.75 Å². The minimum atomic E-state index is -0.487. The average molecular weight is 403 g/mol. The number of benzene rings is 1. The van der Waals surface area contributed by atoms with E-state index < -0.39 is 5.97 Å². The molecular weight excluding hydrogens is 396 g/mol. The highest BCUT2D eigenvalue weighted by Gasteiger charge is 2.20. The van der Waals surface area contributed by atoms with E-state index in [1.165, 1.54) is 0 Å². The lowest BCUT2D eigenvalue weighted by molar-refractivity contribution is 0.0523. The number of esters is 1. The lowest BCUT2D eigenvalue weighted by Crippen LogP contribution is -2.06. The molecule has 82 valence electrons. The summed E-state index contributed by atoms with van der Waals surface area (Å²) in [5.74, 6) is -0.514. The Morgan fingerprint density at radius 3 is 2.53 bits per heavy atom. The van der Waals surface area contributed by atoms with Crippen LogP contribution in [0.3, 0.4) is 0 Å². The molecule has 1 aromatic carbocycles. The summed E-state index contributed by atoms with van der Waals surface area (Å²) in [4.78, 5) is 11.5. The lowest BCUT2D eigenvalue weighted by Gasteiger charge is -2.09. The van der Waals surface area contributed by atoms with Gasteiger partial charge in [-0.15, -0.1) is 0 Å². The molecule has 0 spiro atoms. The number of hydrogen-bond donors (Lipinski definition) is 1. The summed E-state index contributed by atoms with van der Waals surface area (Å²) in [7, 11) is 0. The topological polar surface area (TPSA) is 46.5 Å². The summed E-state index contributed by atoms with van der Waals surface area (Å²) < 4.78 is 6.21. The van der Waals surface area contributed by atoms with Crippen molar-refractivity contribution in [2.24, 2.45) is 0 Å². The number of ether oxygens (including phenoxy) is 1. The summed E-state index contributed by atoms with van der Waals surface area (Å²) in [6.07, 6.45) is 0. The lowest BCUT2D eigenvalue weighted by atomic mass is 10.2. The maximum Gasteiger partial charge on any atom is 0.340 e. The maximum absolute atomic E-state index is 11.5. The number of phenols is 1. The van der Waals surface area contributed by atoms with E-state index in [4.69, 9.17) is 4.74 Å². The Balaban J connectivity index is 3.29. The number of hydrogen-bond acceptors (Lipinski definition) is 3. The number of rotatable bonds is 2. The number of halogens is 3. The second-order valence-electron chi connectivity index (χ2n) is 2.60. The quantitative estimate of drug-likeness (QED) is 0.764. The number of phenolic OH excluding ortho intramolecular Hbond substituents is 1. The van der Waals surface area contributed by atoms with Crippen LogP contribution in [-0.4, -0.2) is 17.7 Å². The van der Waals surface area contributed by atoms with E-state index >= 15 is 0 Å². The van der Waals surface area contributed by atoms with Crippen LogP contribution >= 0.6 is 47.8 Å². The Bertz CT molecular complexity index is 404. The van der Waals surface area contributed by atoms with Gasteiger partial charge in [-0.3, -0.25) is 0 Å². The first kappa shape index (κ1) is 13.0. The minimum absolute atomic E-state index is 0.0266.